The predicted octanol–water partition coefficient (Wildman–Crippen LogP) is 4.27. The van der Waals surface area contributed by atoms with Crippen LogP contribution in [0.5, 0.6) is 0 Å². The van der Waals surface area contributed by atoms with Crippen molar-refractivity contribution in [3.05, 3.63) is 41.0 Å². The van der Waals surface area contributed by atoms with Gasteiger partial charge < -0.3 is 9.47 Å². The zero-order chi connectivity index (χ0) is 17.2. The molecule has 0 atom stereocenters. The molecule has 0 bridgehead atoms. The Balaban J connectivity index is 3.02. The van der Waals surface area contributed by atoms with Gasteiger partial charge in [0.1, 0.15) is 0 Å². The molecule has 4 nitrogen and oxygen atoms in total. The molecule has 0 amide bonds. The van der Waals surface area contributed by atoms with Crippen LogP contribution in [0.1, 0.15) is 58.1 Å². The van der Waals surface area contributed by atoms with Gasteiger partial charge in [0, 0.05) is 19.4 Å². The van der Waals surface area contributed by atoms with E-state index in [0.29, 0.717) is 6.42 Å². The van der Waals surface area contributed by atoms with Gasteiger partial charge in [0.15, 0.2) is 0 Å². The topological polar surface area (TPSA) is 52.6 Å². The molecule has 0 fully saturated rings. The number of carbonyl (C=O) groups excluding carboxylic acids is 2. The Morgan fingerprint density at radius 1 is 1.13 bits per heavy atom. The van der Waals surface area contributed by atoms with E-state index in [9.17, 15) is 9.59 Å². The number of rotatable bonds is 8. The first-order chi connectivity index (χ1) is 11.0. The highest BCUT2D eigenvalue weighted by atomic mass is 16.7. The lowest BCUT2D eigenvalue weighted by Gasteiger charge is -2.19. The molecule has 0 aliphatic rings. The van der Waals surface area contributed by atoms with Crippen LogP contribution in [0, 0.1) is 0 Å². The fourth-order valence-corrected chi connectivity index (χ4v) is 2.25. The first-order valence-corrected chi connectivity index (χ1v) is 8.10. The van der Waals surface area contributed by atoms with E-state index in [1.807, 2.05) is 25.1 Å². The van der Waals surface area contributed by atoms with E-state index in [1.54, 1.807) is 0 Å². The third-order valence-corrected chi connectivity index (χ3v) is 3.38. The Morgan fingerprint density at radius 3 is 2.30 bits per heavy atom. The van der Waals surface area contributed by atoms with Crippen LogP contribution < -0.4 is 0 Å². The van der Waals surface area contributed by atoms with Gasteiger partial charge >= 0.3 is 11.9 Å². The maximum Gasteiger partial charge on any atom is 0.305 e. The molecule has 126 valence electrons. The van der Waals surface area contributed by atoms with Gasteiger partial charge in [-0.25, -0.2) is 0 Å². The number of unbranched alkanes of at least 4 members (excludes halogenated alkanes) is 1. The van der Waals surface area contributed by atoms with Gasteiger partial charge in [-0.05, 0) is 36.5 Å². The number of carbonyl (C=O) groups is 2. The molecular weight excluding hydrogens is 292 g/mol. The van der Waals surface area contributed by atoms with Crippen molar-refractivity contribution >= 4 is 18.0 Å². The summed E-state index contributed by atoms with van der Waals surface area (Å²) in [5.41, 5.74) is 3.04. The van der Waals surface area contributed by atoms with Crippen LogP contribution in [0.15, 0.2) is 29.8 Å². The summed E-state index contributed by atoms with van der Waals surface area (Å²) < 4.78 is 10.3. The fourth-order valence-electron chi connectivity index (χ4n) is 2.25. The van der Waals surface area contributed by atoms with Crippen molar-refractivity contribution in [2.24, 2.45) is 0 Å². The van der Waals surface area contributed by atoms with Crippen molar-refractivity contribution < 1.29 is 19.1 Å². The van der Waals surface area contributed by atoms with Crippen molar-refractivity contribution in [1.82, 2.24) is 0 Å². The zero-order valence-corrected chi connectivity index (χ0v) is 14.4. The van der Waals surface area contributed by atoms with Crippen molar-refractivity contribution in [2.75, 3.05) is 0 Å². The standard InChI is InChI=1S/C19H26O4/c1-5-7-9-16-10-8-11-17(12-16)13-18(6-2)19(22-14(3)20)23-15(4)21/h8,10-13,19H,5-7,9H2,1-4H3/b18-13+. The van der Waals surface area contributed by atoms with Crippen LogP contribution in [-0.2, 0) is 25.5 Å². The predicted molar refractivity (Wildman–Crippen MR) is 90.6 cm³/mol. The molecule has 1 rings (SSSR count). The molecule has 0 radical (unpaired) electrons. The second kappa shape index (κ2) is 9.82. The Morgan fingerprint density at radius 2 is 1.78 bits per heavy atom. The Kier molecular flexibility index (Phi) is 8.09. The molecule has 0 spiro atoms. The average molecular weight is 318 g/mol. The van der Waals surface area contributed by atoms with Crippen LogP contribution >= 0.6 is 0 Å². The van der Waals surface area contributed by atoms with Crippen molar-refractivity contribution in [3.63, 3.8) is 0 Å². The quantitative estimate of drug-likeness (QED) is 0.530. The highest BCUT2D eigenvalue weighted by Gasteiger charge is 2.19. The summed E-state index contributed by atoms with van der Waals surface area (Å²) in [5.74, 6) is -0.959. The summed E-state index contributed by atoms with van der Waals surface area (Å²) in [6, 6.07) is 8.22. The van der Waals surface area contributed by atoms with E-state index >= 15 is 0 Å². The van der Waals surface area contributed by atoms with E-state index < -0.39 is 18.2 Å². The number of hydrogen-bond acceptors (Lipinski definition) is 4. The van der Waals surface area contributed by atoms with E-state index in [4.69, 9.17) is 9.47 Å². The van der Waals surface area contributed by atoms with Gasteiger partial charge in [-0.1, -0.05) is 44.5 Å². The third-order valence-electron chi connectivity index (χ3n) is 3.38. The maximum atomic E-state index is 11.2. The molecule has 0 N–H and O–H groups in total. The number of benzene rings is 1. The molecule has 0 aromatic heterocycles. The van der Waals surface area contributed by atoms with Crippen LogP contribution in [0.25, 0.3) is 6.08 Å². The van der Waals surface area contributed by atoms with Crippen molar-refractivity contribution in [3.8, 4) is 0 Å². The van der Waals surface area contributed by atoms with Gasteiger partial charge in [-0.3, -0.25) is 9.59 Å². The molecule has 1 aromatic rings. The van der Waals surface area contributed by atoms with E-state index in [0.717, 1.165) is 30.4 Å². The minimum atomic E-state index is -0.964. The summed E-state index contributed by atoms with van der Waals surface area (Å²) in [4.78, 5) is 22.5. The molecule has 0 aliphatic carbocycles. The Labute approximate surface area is 138 Å². The molecular formula is C19H26O4. The Bertz CT molecular complexity index is 544. The van der Waals surface area contributed by atoms with Gasteiger partial charge in [0.25, 0.3) is 6.29 Å². The second-order valence-corrected chi connectivity index (χ2v) is 5.47. The lowest BCUT2D eigenvalue weighted by molar-refractivity contribution is -0.178. The normalized spacial score (nSPS) is 11.4. The van der Waals surface area contributed by atoms with Crippen LogP contribution in [0.4, 0.5) is 0 Å². The van der Waals surface area contributed by atoms with Crippen molar-refractivity contribution in [1.29, 1.82) is 0 Å². The summed E-state index contributed by atoms with van der Waals surface area (Å²) in [7, 11) is 0. The lowest BCUT2D eigenvalue weighted by atomic mass is 10.0. The highest BCUT2D eigenvalue weighted by Crippen LogP contribution is 2.19. The third kappa shape index (κ3) is 7.13. The van der Waals surface area contributed by atoms with Crippen LogP contribution in [0.2, 0.25) is 0 Å². The smallest absolute Gasteiger partial charge is 0.305 e. The molecule has 0 heterocycles. The molecule has 0 saturated heterocycles. The summed E-state index contributed by atoms with van der Waals surface area (Å²) in [6.07, 6.45) is 4.92. The maximum absolute atomic E-state index is 11.2. The van der Waals surface area contributed by atoms with Gasteiger partial charge in [-0.2, -0.15) is 0 Å². The summed E-state index contributed by atoms with van der Waals surface area (Å²) in [6.45, 7) is 6.71. The van der Waals surface area contributed by atoms with E-state index in [-0.39, 0.29) is 0 Å². The van der Waals surface area contributed by atoms with E-state index in [1.165, 1.54) is 19.4 Å². The molecule has 0 saturated carbocycles. The summed E-state index contributed by atoms with van der Waals surface area (Å²) >= 11 is 0. The molecule has 0 aliphatic heterocycles. The first-order valence-electron chi connectivity index (χ1n) is 8.10. The largest absolute Gasteiger partial charge is 0.421 e. The minimum absolute atomic E-state index is 0.479. The lowest BCUT2D eigenvalue weighted by Crippen LogP contribution is -2.24. The molecule has 4 heteroatoms. The van der Waals surface area contributed by atoms with Gasteiger partial charge in [-0.15, -0.1) is 0 Å². The van der Waals surface area contributed by atoms with Gasteiger partial charge in [0.05, 0.1) is 0 Å². The number of aryl methyl sites for hydroxylation is 1. The zero-order valence-electron chi connectivity index (χ0n) is 14.4. The SMILES string of the molecule is CCCCc1cccc(/C=C(\CC)C(OC(C)=O)OC(C)=O)c1. The number of hydrogen-bond donors (Lipinski definition) is 0. The van der Waals surface area contributed by atoms with E-state index in [2.05, 4.69) is 19.1 Å². The molecule has 1 aromatic carbocycles. The number of esters is 2. The Hall–Kier alpha value is -2.10. The van der Waals surface area contributed by atoms with Crippen LogP contribution in [-0.4, -0.2) is 18.2 Å². The first kappa shape index (κ1) is 18.9. The molecule has 23 heavy (non-hydrogen) atoms. The highest BCUT2D eigenvalue weighted by molar-refractivity contribution is 5.69. The summed E-state index contributed by atoms with van der Waals surface area (Å²) in [5, 5.41) is 0. The number of ether oxygens (including phenoxy) is 2. The average Bonchev–Trinajstić information content (AvgIpc) is 2.49. The molecule has 0 unspecified atom stereocenters. The fraction of sp³-hybridized carbons (Fsp3) is 0.474. The monoisotopic (exact) mass is 318 g/mol. The van der Waals surface area contributed by atoms with Crippen LogP contribution in [0.3, 0.4) is 0 Å². The van der Waals surface area contributed by atoms with Crippen molar-refractivity contribution in [2.45, 2.75) is 59.7 Å². The van der Waals surface area contributed by atoms with Gasteiger partial charge in [0.2, 0.25) is 0 Å². The minimum Gasteiger partial charge on any atom is -0.421 e. The second-order valence-electron chi connectivity index (χ2n) is 5.47.